The van der Waals surface area contributed by atoms with Gasteiger partial charge in [-0.15, -0.1) is 0 Å². The van der Waals surface area contributed by atoms with Gasteiger partial charge in [-0.25, -0.2) is 8.78 Å². The van der Waals surface area contributed by atoms with Crippen LogP contribution in [0, 0.1) is 18.6 Å². The Labute approximate surface area is 133 Å². The lowest BCUT2D eigenvalue weighted by Crippen LogP contribution is -2.38. The third-order valence-corrected chi connectivity index (χ3v) is 4.12. The van der Waals surface area contributed by atoms with Crippen LogP contribution in [0.1, 0.15) is 17.5 Å². The summed E-state index contributed by atoms with van der Waals surface area (Å²) < 4.78 is 27.1. The van der Waals surface area contributed by atoms with E-state index in [1.165, 1.54) is 17.0 Å². The Hall–Kier alpha value is -2.27. The van der Waals surface area contributed by atoms with Gasteiger partial charge in [0.25, 0.3) is 0 Å². The van der Waals surface area contributed by atoms with Crippen molar-refractivity contribution in [2.75, 3.05) is 11.4 Å². The summed E-state index contributed by atoms with van der Waals surface area (Å²) in [4.78, 5) is 13.9. The molecule has 1 amide bonds. The van der Waals surface area contributed by atoms with Crippen molar-refractivity contribution in [2.45, 2.75) is 25.9 Å². The Balaban J connectivity index is 1.65. The number of anilines is 1. The molecule has 1 N–H and O–H groups in total. The zero-order valence-corrected chi connectivity index (χ0v) is 12.9. The number of halogens is 2. The first-order valence-corrected chi connectivity index (χ1v) is 7.60. The second-order valence-electron chi connectivity index (χ2n) is 5.75. The maximum Gasteiger partial charge on any atom is 0.244 e. The molecule has 1 fully saturated rings. The molecule has 1 heterocycles. The van der Waals surface area contributed by atoms with Crippen LogP contribution in [0.2, 0.25) is 0 Å². The first kappa shape index (κ1) is 15.6. The number of amides is 1. The summed E-state index contributed by atoms with van der Waals surface area (Å²) in [6, 6.07) is 10.8. The van der Waals surface area contributed by atoms with Gasteiger partial charge in [0.2, 0.25) is 5.91 Å². The molecule has 3 rings (SSSR count). The van der Waals surface area contributed by atoms with Crippen LogP contribution < -0.4 is 10.2 Å². The number of nitrogens with one attached hydrogen (secondary N) is 1. The quantitative estimate of drug-likeness (QED) is 0.940. The molecule has 0 radical (unpaired) electrons. The molecule has 2 aromatic rings. The summed E-state index contributed by atoms with van der Waals surface area (Å²) in [6.07, 6.45) is 0.618. The molecule has 3 nitrogen and oxygen atoms in total. The summed E-state index contributed by atoms with van der Waals surface area (Å²) >= 11 is 0. The van der Waals surface area contributed by atoms with Crippen molar-refractivity contribution in [1.29, 1.82) is 0 Å². The smallest absolute Gasteiger partial charge is 0.244 e. The topological polar surface area (TPSA) is 32.3 Å². The van der Waals surface area contributed by atoms with Gasteiger partial charge in [-0.05, 0) is 42.7 Å². The summed E-state index contributed by atoms with van der Waals surface area (Å²) in [7, 11) is 0. The van der Waals surface area contributed by atoms with Gasteiger partial charge in [0.1, 0.15) is 11.6 Å². The van der Waals surface area contributed by atoms with Gasteiger partial charge in [-0.2, -0.15) is 0 Å². The highest BCUT2D eigenvalue weighted by Crippen LogP contribution is 2.24. The largest absolute Gasteiger partial charge is 0.308 e. The number of hydrogen-bond donors (Lipinski definition) is 1. The summed E-state index contributed by atoms with van der Waals surface area (Å²) in [6.45, 7) is 2.67. The zero-order valence-electron chi connectivity index (χ0n) is 12.9. The first-order chi connectivity index (χ1) is 11.1. The van der Waals surface area contributed by atoms with Gasteiger partial charge in [0.05, 0.1) is 11.7 Å². The van der Waals surface area contributed by atoms with Gasteiger partial charge < -0.3 is 10.2 Å². The number of carbonyl (C=O) groups is 1. The molecular formula is C18H18F2N2O. The molecule has 1 unspecified atom stereocenters. The van der Waals surface area contributed by atoms with E-state index in [4.69, 9.17) is 0 Å². The van der Waals surface area contributed by atoms with Crippen LogP contribution >= 0.6 is 0 Å². The molecule has 0 aliphatic carbocycles. The number of benzene rings is 2. The monoisotopic (exact) mass is 316 g/mol. The molecule has 0 aromatic heterocycles. The average Bonchev–Trinajstić information content (AvgIpc) is 2.90. The van der Waals surface area contributed by atoms with E-state index in [0.717, 1.165) is 5.56 Å². The molecule has 5 heteroatoms. The van der Waals surface area contributed by atoms with E-state index < -0.39 is 5.82 Å². The van der Waals surface area contributed by atoms with Crippen molar-refractivity contribution in [2.24, 2.45) is 0 Å². The highest BCUT2D eigenvalue weighted by Gasteiger charge is 2.33. The van der Waals surface area contributed by atoms with E-state index in [1.807, 2.05) is 0 Å². The van der Waals surface area contributed by atoms with E-state index in [9.17, 15) is 13.6 Å². The number of carbonyl (C=O) groups excluding carboxylic acids is 1. The molecule has 0 bridgehead atoms. The highest BCUT2D eigenvalue weighted by molar-refractivity contribution is 5.99. The summed E-state index contributed by atoms with van der Waals surface area (Å²) in [5.74, 6) is -0.763. The Bertz CT molecular complexity index is 733. The zero-order chi connectivity index (χ0) is 16.4. The Morgan fingerprint density at radius 2 is 1.96 bits per heavy atom. The number of rotatable bonds is 4. The van der Waals surface area contributed by atoms with Gasteiger partial charge in [-0.3, -0.25) is 4.79 Å². The highest BCUT2D eigenvalue weighted by atomic mass is 19.1. The van der Waals surface area contributed by atoms with Crippen LogP contribution in [-0.4, -0.2) is 18.5 Å². The van der Waals surface area contributed by atoms with Crippen molar-refractivity contribution >= 4 is 11.6 Å². The van der Waals surface area contributed by atoms with E-state index in [-0.39, 0.29) is 17.8 Å². The normalized spacial score (nSPS) is 17.8. The number of nitrogens with zero attached hydrogens (tertiary/aromatic N) is 1. The fraction of sp³-hybridized carbons (Fsp3) is 0.278. The fourth-order valence-corrected chi connectivity index (χ4v) is 2.84. The van der Waals surface area contributed by atoms with Crippen molar-refractivity contribution in [1.82, 2.24) is 5.32 Å². The Kier molecular flexibility index (Phi) is 4.39. The minimum absolute atomic E-state index is 0.131. The van der Waals surface area contributed by atoms with Crippen LogP contribution in [-0.2, 0) is 11.3 Å². The van der Waals surface area contributed by atoms with E-state index in [2.05, 4.69) is 5.32 Å². The molecule has 1 saturated heterocycles. The number of para-hydroxylation sites is 1. The maximum atomic E-state index is 13.8. The van der Waals surface area contributed by atoms with Gasteiger partial charge in [-0.1, -0.05) is 24.3 Å². The third-order valence-electron chi connectivity index (χ3n) is 4.12. The van der Waals surface area contributed by atoms with Crippen molar-refractivity contribution in [3.05, 3.63) is 65.2 Å². The molecule has 0 spiro atoms. The molecule has 23 heavy (non-hydrogen) atoms. The predicted molar refractivity (Wildman–Crippen MR) is 85.1 cm³/mol. The van der Waals surface area contributed by atoms with Crippen LogP contribution in [0.25, 0.3) is 0 Å². The number of aryl methyl sites for hydroxylation is 1. The second kappa shape index (κ2) is 6.46. The molecule has 1 aliphatic heterocycles. The lowest BCUT2D eigenvalue weighted by atomic mass is 10.1. The molecule has 2 aromatic carbocycles. The molecular weight excluding hydrogens is 298 g/mol. The van der Waals surface area contributed by atoms with Crippen LogP contribution in [0.3, 0.4) is 0 Å². The first-order valence-electron chi connectivity index (χ1n) is 7.60. The molecule has 1 atom stereocenters. The lowest BCUT2D eigenvalue weighted by Gasteiger charge is -2.18. The van der Waals surface area contributed by atoms with Crippen LogP contribution in [0.4, 0.5) is 14.5 Å². The summed E-state index contributed by atoms with van der Waals surface area (Å²) in [5.41, 5.74) is 1.82. The Morgan fingerprint density at radius 3 is 2.70 bits per heavy atom. The van der Waals surface area contributed by atoms with Gasteiger partial charge >= 0.3 is 0 Å². The van der Waals surface area contributed by atoms with Crippen LogP contribution in [0.15, 0.2) is 42.5 Å². The van der Waals surface area contributed by atoms with E-state index >= 15 is 0 Å². The minimum atomic E-state index is -0.393. The lowest BCUT2D eigenvalue weighted by molar-refractivity contribution is -0.118. The molecule has 1 aliphatic rings. The van der Waals surface area contributed by atoms with Crippen molar-refractivity contribution in [3.8, 4) is 0 Å². The van der Waals surface area contributed by atoms with Crippen molar-refractivity contribution in [3.63, 3.8) is 0 Å². The SMILES string of the molecule is Cc1cc(CNC2CCN(c3ccccc3F)C2=O)ccc1F. The van der Waals surface area contributed by atoms with E-state index in [1.54, 1.807) is 37.3 Å². The van der Waals surface area contributed by atoms with Gasteiger partial charge in [0.15, 0.2) is 0 Å². The minimum Gasteiger partial charge on any atom is -0.308 e. The predicted octanol–water partition coefficient (Wildman–Crippen LogP) is 3.17. The molecule has 120 valence electrons. The summed E-state index contributed by atoms with van der Waals surface area (Å²) in [5, 5.41) is 3.18. The third kappa shape index (κ3) is 3.24. The van der Waals surface area contributed by atoms with Gasteiger partial charge in [0, 0.05) is 13.1 Å². The van der Waals surface area contributed by atoms with E-state index in [0.29, 0.717) is 30.8 Å². The maximum absolute atomic E-state index is 13.8. The second-order valence-corrected chi connectivity index (χ2v) is 5.75. The van der Waals surface area contributed by atoms with Crippen molar-refractivity contribution < 1.29 is 13.6 Å². The standard InChI is InChI=1S/C18H18F2N2O/c1-12-10-13(6-7-14(12)19)11-21-16-8-9-22(18(16)23)17-5-3-2-4-15(17)20/h2-7,10,16,21H,8-9,11H2,1H3. The fourth-order valence-electron chi connectivity index (χ4n) is 2.84. The average molecular weight is 316 g/mol. The van der Waals surface area contributed by atoms with Crippen LogP contribution in [0.5, 0.6) is 0 Å². The Morgan fingerprint density at radius 1 is 1.17 bits per heavy atom. The number of hydrogen-bond acceptors (Lipinski definition) is 2. The molecule has 0 saturated carbocycles.